The summed E-state index contributed by atoms with van der Waals surface area (Å²) in [4.78, 5) is 15.6. The number of carbonyl (C=O) groups is 1. The van der Waals surface area contributed by atoms with Crippen LogP contribution in [0.15, 0.2) is 11.4 Å². The average molecular weight is 295 g/mol. The molecule has 2 N–H and O–H groups in total. The van der Waals surface area contributed by atoms with Gasteiger partial charge in [0.25, 0.3) is 0 Å². The number of thioether (sulfide) groups is 1. The highest BCUT2D eigenvalue weighted by Gasteiger charge is 2.27. The molecule has 1 aliphatic carbocycles. The largest absolute Gasteiger partial charge is 0.369 e. The molecule has 5 heteroatoms. The van der Waals surface area contributed by atoms with E-state index < -0.39 is 0 Å². The molecule has 0 radical (unpaired) electrons. The van der Waals surface area contributed by atoms with Gasteiger partial charge in [-0.15, -0.1) is 0 Å². The summed E-state index contributed by atoms with van der Waals surface area (Å²) in [6.45, 7) is 6.64. The summed E-state index contributed by atoms with van der Waals surface area (Å²) in [5.74, 6) is 0.0124. The molecule has 1 saturated carbocycles. The summed E-state index contributed by atoms with van der Waals surface area (Å²) in [6.07, 6.45) is 8.30. The van der Waals surface area contributed by atoms with Crippen molar-refractivity contribution in [1.29, 1.82) is 0 Å². The van der Waals surface area contributed by atoms with E-state index in [0.29, 0.717) is 11.8 Å². The molecule has 4 nitrogen and oxygen atoms in total. The van der Waals surface area contributed by atoms with Gasteiger partial charge < -0.3 is 10.3 Å². The van der Waals surface area contributed by atoms with Crippen LogP contribution in [0.3, 0.4) is 0 Å². The minimum atomic E-state index is -0.287. The van der Waals surface area contributed by atoms with Gasteiger partial charge in [0.2, 0.25) is 5.91 Å². The standard InChI is InChI=1S/C15H25N3OS/c1-15(2,3)12-9-17-14(20-10-13(16)19)18(12)11-7-5-4-6-8-11/h9,11H,4-8,10H2,1-3H3,(H2,16,19). The summed E-state index contributed by atoms with van der Waals surface area (Å²) in [5.41, 5.74) is 6.59. The molecule has 1 fully saturated rings. The van der Waals surface area contributed by atoms with E-state index in [-0.39, 0.29) is 11.3 Å². The van der Waals surface area contributed by atoms with Crippen molar-refractivity contribution < 1.29 is 4.79 Å². The SMILES string of the molecule is CC(C)(C)c1cnc(SCC(N)=O)n1C1CCCCC1. The van der Waals surface area contributed by atoms with Crippen LogP contribution in [0.1, 0.15) is 64.6 Å². The maximum Gasteiger partial charge on any atom is 0.227 e. The number of nitrogens with two attached hydrogens (primary N) is 1. The summed E-state index contributed by atoms with van der Waals surface area (Å²) in [6, 6.07) is 0.524. The molecule has 0 aromatic carbocycles. The topological polar surface area (TPSA) is 60.9 Å². The lowest BCUT2D eigenvalue weighted by Gasteiger charge is -2.30. The van der Waals surface area contributed by atoms with Crippen molar-refractivity contribution in [2.24, 2.45) is 5.73 Å². The highest BCUT2D eigenvalue weighted by Crippen LogP contribution is 2.36. The molecule has 20 heavy (non-hydrogen) atoms. The van der Waals surface area contributed by atoms with Gasteiger partial charge in [-0.2, -0.15) is 0 Å². The van der Waals surface area contributed by atoms with Crippen molar-refractivity contribution >= 4 is 17.7 Å². The van der Waals surface area contributed by atoms with Crippen molar-refractivity contribution in [3.63, 3.8) is 0 Å². The predicted octanol–water partition coefficient (Wildman–Crippen LogP) is 3.26. The molecule has 0 saturated heterocycles. The van der Waals surface area contributed by atoms with Crippen LogP contribution in [0.4, 0.5) is 0 Å². The molecule has 2 rings (SSSR count). The quantitative estimate of drug-likeness (QED) is 0.867. The smallest absolute Gasteiger partial charge is 0.227 e. The van der Waals surface area contributed by atoms with Gasteiger partial charge in [-0.05, 0) is 12.8 Å². The van der Waals surface area contributed by atoms with Crippen LogP contribution in [0.5, 0.6) is 0 Å². The molecule has 0 spiro atoms. The number of rotatable bonds is 4. The Morgan fingerprint density at radius 2 is 2.05 bits per heavy atom. The Morgan fingerprint density at radius 3 is 2.60 bits per heavy atom. The monoisotopic (exact) mass is 295 g/mol. The second-order valence-electron chi connectivity index (χ2n) is 6.59. The van der Waals surface area contributed by atoms with E-state index in [1.165, 1.54) is 49.6 Å². The van der Waals surface area contributed by atoms with Crippen molar-refractivity contribution in [1.82, 2.24) is 9.55 Å². The van der Waals surface area contributed by atoms with E-state index in [0.717, 1.165) is 5.16 Å². The van der Waals surface area contributed by atoms with Crippen LogP contribution >= 0.6 is 11.8 Å². The Kier molecular flexibility index (Phi) is 4.78. The number of carbonyl (C=O) groups excluding carboxylic acids is 1. The summed E-state index contributed by atoms with van der Waals surface area (Å²) in [5, 5.41) is 0.945. The Bertz CT molecular complexity index is 470. The number of hydrogen-bond donors (Lipinski definition) is 1. The lowest BCUT2D eigenvalue weighted by Crippen LogP contribution is -2.23. The van der Waals surface area contributed by atoms with Gasteiger partial charge >= 0.3 is 0 Å². The highest BCUT2D eigenvalue weighted by atomic mass is 32.2. The minimum Gasteiger partial charge on any atom is -0.369 e. The molecule has 0 unspecified atom stereocenters. The van der Waals surface area contributed by atoms with Crippen LogP contribution < -0.4 is 5.73 Å². The van der Waals surface area contributed by atoms with Crippen LogP contribution in [0, 0.1) is 0 Å². The van der Waals surface area contributed by atoms with Crippen molar-refractivity contribution in [2.45, 2.75) is 69.5 Å². The van der Waals surface area contributed by atoms with Gasteiger partial charge in [0.05, 0.1) is 5.75 Å². The molecule has 1 aromatic rings. The molecular weight excluding hydrogens is 270 g/mol. The minimum absolute atomic E-state index is 0.0655. The number of nitrogens with zero attached hydrogens (tertiary/aromatic N) is 2. The van der Waals surface area contributed by atoms with E-state index >= 15 is 0 Å². The van der Waals surface area contributed by atoms with Gasteiger partial charge in [0.1, 0.15) is 0 Å². The Balaban J connectivity index is 2.31. The molecule has 1 aromatic heterocycles. The summed E-state index contributed by atoms with van der Waals surface area (Å²) in [7, 11) is 0. The maximum absolute atomic E-state index is 11.0. The third-order valence-corrected chi connectivity index (χ3v) is 4.80. The molecule has 112 valence electrons. The second-order valence-corrected chi connectivity index (χ2v) is 7.54. The third kappa shape index (κ3) is 3.57. The predicted molar refractivity (Wildman–Crippen MR) is 83.0 cm³/mol. The van der Waals surface area contributed by atoms with E-state index in [1.54, 1.807) is 0 Å². The fourth-order valence-electron chi connectivity index (χ4n) is 2.83. The first-order chi connectivity index (χ1) is 9.39. The first-order valence-corrected chi connectivity index (χ1v) is 8.37. The number of aromatic nitrogens is 2. The zero-order valence-corrected chi connectivity index (χ0v) is 13.5. The van der Waals surface area contributed by atoms with E-state index in [1.807, 2.05) is 6.20 Å². The normalized spacial score (nSPS) is 17.4. The Morgan fingerprint density at radius 1 is 1.40 bits per heavy atom. The molecule has 1 heterocycles. The number of hydrogen-bond acceptors (Lipinski definition) is 3. The van der Waals surface area contributed by atoms with Gasteiger partial charge in [-0.1, -0.05) is 51.8 Å². The summed E-state index contributed by atoms with van der Waals surface area (Å²) < 4.78 is 2.37. The fraction of sp³-hybridized carbons (Fsp3) is 0.733. The third-order valence-electron chi connectivity index (χ3n) is 3.81. The molecular formula is C15H25N3OS. The van der Waals surface area contributed by atoms with Gasteiger partial charge in [-0.25, -0.2) is 4.98 Å². The maximum atomic E-state index is 11.0. The molecule has 0 atom stereocenters. The van der Waals surface area contributed by atoms with Gasteiger partial charge in [-0.3, -0.25) is 4.79 Å². The van der Waals surface area contributed by atoms with E-state index in [2.05, 4.69) is 30.3 Å². The summed E-state index contributed by atoms with van der Waals surface area (Å²) >= 11 is 1.46. The molecule has 1 aliphatic rings. The van der Waals surface area contributed by atoms with Crippen molar-refractivity contribution in [2.75, 3.05) is 5.75 Å². The first kappa shape index (κ1) is 15.4. The van der Waals surface area contributed by atoms with E-state index in [9.17, 15) is 4.79 Å². The number of imidazole rings is 1. The lowest BCUT2D eigenvalue weighted by atomic mass is 9.90. The molecule has 0 bridgehead atoms. The lowest BCUT2D eigenvalue weighted by molar-refractivity contribution is -0.115. The van der Waals surface area contributed by atoms with Crippen LogP contribution in [-0.4, -0.2) is 21.2 Å². The molecule has 0 aliphatic heterocycles. The zero-order chi connectivity index (χ0) is 14.8. The number of primary amides is 1. The van der Waals surface area contributed by atoms with E-state index in [4.69, 9.17) is 5.73 Å². The van der Waals surface area contributed by atoms with Gasteiger partial charge in [0.15, 0.2) is 5.16 Å². The Labute approximate surface area is 125 Å². The zero-order valence-electron chi connectivity index (χ0n) is 12.7. The first-order valence-electron chi connectivity index (χ1n) is 7.38. The second kappa shape index (κ2) is 6.20. The number of amides is 1. The van der Waals surface area contributed by atoms with Crippen molar-refractivity contribution in [3.8, 4) is 0 Å². The van der Waals surface area contributed by atoms with Gasteiger partial charge in [0, 0.05) is 23.3 Å². The average Bonchev–Trinajstić information content (AvgIpc) is 2.81. The highest BCUT2D eigenvalue weighted by molar-refractivity contribution is 7.99. The fourth-order valence-corrected chi connectivity index (χ4v) is 3.62. The molecule has 1 amide bonds. The van der Waals surface area contributed by atoms with Crippen LogP contribution in [0.2, 0.25) is 0 Å². The van der Waals surface area contributed by atoms with Crippen molar-refractivity contribution in [3.05, 3.63) is 11.9 Å². The Hall–Kier alpha value is -0.970. The van der Waals surface area contributed by atoms with Crippen LogP contribution in [0.25, 0.3) is 0 Å². The van der Waals surface area contributed by atoms with Crippen LogP contribution in [-0.2, 0) is 10.2 Å².